The summed E-state index contributed by atoms with van der Waals surface area (Å²) in [5, 5.41) is 28.6. The Balaban J connectivity index is 0.000000204. The fourth-order valence-electron chi connectivity index (χ4n) is 3.87. The number of halogens is 1. The highest BCUT2D eigenvalue weighted by Crippen LogP contribution is 2.29. The van der Waals surface area contributed by atoms with Gasteiger partial charge in [-0.1, -0.05) is 48.5 Å². The van der Waals surface area contributed by atoms with Crippen LogP contribution in [0.2, 0.25) is 0 Å². The first-order valence-corrected chi connectivity index (χ1v) is 11.5. The molecule has 5 aromatic rings. The van der Waals surface area contributed by atoms with Crippen molar-refractivity contribution in [1.82, 2.24) is 4.57 Å². The number of benzene rings is 4. The van der Waals surface area contributed by atoms with Gasteiger partial charge >= 0.3 is 0 Å². The molecule has 1 heterocycles. The third-order valence-corrected chi connectivity index (χ3v) is 6.62. The number of phenols is 1. The number of carbonyl (C=O) groups excluding carboxylic acids is 1. The van der Waals surface area contributed by atoms with Gasteiger partial charge in [-0.05, 0) is 62.6 Å². The summed E-state index contributed by atoms with van der Waals surface area (Å²) in [5.74, 6) is -0.769. The van der Waals surface area contributed by atoms with Crippen LogP contribution >= 0.6 is 15.9 Å². The number of nitrogens with one attached hydrogen (secondary N) is 1. The molecule has 172 valence electrons. The molecular formula is C28H21BrN4O2. The van der Waals surface area contributed by atoms with E-state index in [9.17, 15) is 4.79 Å². The number of amides is 1. The second kappa shape index (κ2) is 10.2. The topological polar surface area (TPSA) is 116 Å². The van der Waals surface area contributed by atoms with Crippen LogP contribution in [0.3, 0.4) is 0 Å². The van der Waals surface area contributed by atoms with E-state index in [0.717, 1.165) is 27.5 Å². The number of nitrogens with two attached hydrogens (primary N) is 1. The predicted octanol–water partition coefficient (Wildman–Crippen LogP) is 5.97. The number of primary amides is 1. The summed E-state index contributed by atoms with van der Waals surface area (Å²) in [6, 6.07) is 26.5. The van der Waals surface area contributed by atoms with E-state index in [-0.39, 0.29) is 16.9 Å². The number of aromatic hydroxyl groups is 1. The van der Waals surface area contributed by atoms with E-state index in [1.54, 1.807) is 6.07 Å². The first-order chi connectivity index (χ1) is 16.9. The Hall–Kier alpha value is -4.41. The van der Waals surface area contributed by atoms with Crippen molar-refractivity contribution in [2.24, 2.45) is 5.73 Å². The number of phenolic OH excluding ortho intramolecular Hbond substituents is 1. The average molecular weight is 525 g/mol. The van der Waals surface area contributed by atoms with Crippen molar-refractivity contribution in [3.63, 3.8) is 0 Å². The Morgan fingerprint density at radius 3 is 2.60 bits per heavy atom. The molecule has 1 aromatic heterocycles. The fourth-order valence-corrected chi connectivity index (χ4v) is 4.49. The molecule has 5 rings (SSSR count). The highest BCUT2D eigenvalue weighted by molar-refractivity contribution is 9.10. The van der Waals surface area contributed by atoms with Crippen molar-refractivity contribution in [2.75, 3.05) is 0 Å². The lowest BCUT2D eigenvalue weighted by Crippen LogP contribution is -2.10. The summed E-state index contributed by atoms with van der Waals surface area (Å²) < 4.78 is 3.39. The molecule has 0 aliphatic carbocycles. The van der Waals surface area contributed by atoms with Gasteiger partial charge in [-0.2, -0.15) is 5.26 Å². The maximum Gasteiger partial charge on any atom is 0.248 e. The molecule has 0 spiro atoms. The van der Waals surface area contributed by atoms with Crippen LogP contribution in [0.4, 0.5) is 0 Å². The number of hydrogen-bond acceptors (Lipinski definition) is 4. The van der Waals surface area contributed by atoms with Gasteiger partial charge in [0.1, 0.15) is 11.8 Å². The second-order valence-corrected chi connectivity index (χ2v) is 8.63. The molecule has 0 unspecified atom stereocenters. The van der Waals surface area contributed by atoms with Crippen LogP contribution < -0.4 is 5.73 Å². The summed E-state index contributed by atoms with van der Waals surface area (Å²) in [6.07, 6.45) is 3.51. The van der Waals surface area contributed by atoms with Crippen molar-refractivity contribution >= 4 is 49.7 Å². The number of nitriles is 1. The van der Waals surface area contributed by atoms with Gasteiger partial charge in [0.15, 0.2) is 0 Å². The maximum atomic E-state index is 10.6. The van der Waals surface area contributed by atoms with Gasteiger partial charge < -0.3 is 20.8 Å². The molecule has 0 saturated heterocycles. The monoisotopic (exact) mass is 524 g/mol. The van der Waals surface area contributed by atoms with E-state index in [1.807, 2.05) is 12.1 Å². The number of fused-ring (bicyclic) bond motifs is 2. The second-order valence-electron chi connectivity index (χ2n) is 7.84. The minimum absolute atomic E-state index is 0.0475. The van der Waals surface area contributed by atoms with E-state index in [2.05, 4.69) is 75.2 Å². The maximum absolute atomic E-state index is 10.6. The first kappa shape index (κ1) is 23.7. The Bertz CT molecular complexity index is 1620. The van der Waals surface area contributed by atoms with Gasteiger partial charge in [0.2, 0.25) is 5.91 Å². The Morgan fingerprint density at radius 1 is 1.06 bits per heavy atom. The molecule has 0 aliphatic rings. The summed E-state index contributed by atoms with van der Waals surface area (Å²) in [5.41, 5.74) is 8.58. The summed E-state index contributed by atoms with van der Waals surface area (Å²) in [7, 11) is 0. The lowest BCUT2D eigenvalue weighted by atomic mass is 10.1. The zero-order valence-electron chi connectivity index (χ0n) is 18.6. The third-order valence-electron chi connectivity index (χ3n) is 5.69. The highest BCUT2D eigenvalue weighted by atomic mass is 79.9. The minimum atomic E-state index is -0.619. The van der Waals surface area contributed by atoms with E-state index in [1.165, 1.54) is 40.7 Å². The molecule has 0 saturated carbocycles. The van der Waals surface area contributed by atoms with Gasteiger partial charge in [-0.3, -0.25) is 4.79 Å². The fraction of sp³-hybridized carbons (Fsp3) is 0.0357. The number of hydrogen-bond donors (Lipinski definition) is 3. The molecule has 4 N–H and O–H groups in total. The van der Waals surface area contributed by atoms with Crippen molar-refractivity contribution in [2.45, 2.75) is 6.54 Å². The smallest absolute Gasteiger partial charge is 0.248 e. The SMILES string of the molecule is N#Cc1cc(C(N)=O)ccc1O.N=Cc1cccc2c1ccn2Cc1ccc2ccccc2c1Br. The summed E-state index contributed by atoms with van der Waals surface area (Å²) >= 11 is 3.77. The Kier molecular flexibility index (Phi) is 6.95. The van der Waals surface area contributed by atoms with Crippen LogP contribution in [0.25, 0.3) is 21.7 Å². The van der Waals surface area contributed by atoms with E-state index in [4.69, 9.17) is 21.5 Å². The van der Waals surface area contributed by atoms with Crippen LogP contribution in [-0.2, 0) is 6.54 Å². The molecule has 7 heteroatoms. The van der Waals surface area contributed by atoms with Gasteiger partial charge in [-0.25, -0.2) is 0 Å². The zero-order chi connectivity index (χ0) is 24.9. The van der Waals surface area contributed by atoms with Gasteiger partial charge in [0, 0.05) is 45.5 Å². The molecule has 6 nitrogen and oxygen atoms in total. The molecule has 0 radical (unpaired) electrons. The molecule has 0 bridgehead atoms. The molecule has 0 atom stereocenters. The number of nitrogens with zero attached hydrogens (tertiary/aromatic N) is 2. The summed E-state index contributed by atoms with van der Waals surface area (Å²) in [4.78, 5) is 10.6. The molecule has 4 aromatic carbocycles. The van der Waals surface area contributed by atoms with Crippen LogP contribution in [0.5, 0.6) is 5.75 Å². The lowest BCUT2D eigenvalue weighted by Gasteiger charge is -2.10. The van der Waals surface area contributed by atoms with E-state index >= 15 is 0 Å². The lowest BCUT2D eigenvalue weighted by molar-refractivity contribution is 0.1000. The van der Waals surface area contributed by atoms with E-state index in [0.29, 0.717) is 0 Å². The number of rotatable bonds is 4. The zero-order valence-corrected chi connectivity index (χ0v) is 20.2. The predicted molar refractivity (Wildman–Crippen MR) is 142 cm³/mol. The number of carbonyl (C=O) groups is 1. The Labute approximate surface area is 210 Å². The normalized spacial score (nSPS) is 10.4. The van der Waals surface area contributed by atoms with Crippen LogP contribution in [-0.4, -0.2) is 21.8 Å². The quantitative estimate of drug-likeness (QED) is 0.251. The van der Waals surface area contributed by atoms with Crippen molar-refractivity contribution < 1.29 is 9.90 Å². The van der Waals surface area contributed by atoms with E-state index < -0.39 is 5.91 Å². The molecule has 0 aliphatic heterocycles. The van der Waals surface area contributed by atoms with Gasteiger partial charge in [0.25, 0.3) is 0 Å². The Morgan fingerprint density at radius 2 is 1.86 bits per heavy atom. The van der Waals surface area contributed by atoms with Gasteiger partial charge in [0.05, 0.1) is 5.56 Å². The summed E-state index contributed by atoms with van der Waals surface area (Å²) in [6.45, 7) is 0.802. The van der Waals surface area contributed by atoms with Crippen molar-refractivity contribution in [3.05, 3.63) is 112 Å². The third kappa shape index (κ3) is 4.93. The standard InChI is InChI=1S/C20H15BrN2.C8H6N2O2/c21-20-16(9-8-14-4-1-2-6-18(14)20)13-23-11-10-17-15(12-22)5-3-7-19(17)23;9-4-6-3-5(8(10)12)1-2-7(6)11/h1-12,22H,13H2;1-3,11H,(H2,10,12). The molecule has 0 fully saturated rings. The first-order valence-electron chi connectivity index (χ1n) is 10.7. The molecular weight excluding hydrogens is 504 g/mol. The average Bonchev–Trinajstić information content (AvgIpc) is 3.29. The van der Waals surface area contributed by atoms with Crippen molar-refractivity contribution in [3.8, 4) is 11.8 Å². The minimum Gasteiger partial charge on any atom is -0.507 e. The van der Waals surface area contributed by atoms with Gasteiger partial charge in [-0.15, -0.1) is 0 Å². The van der Waals surface area contributed by atoms with Crippen molar-refractivity contribution in [1.29, 1.82) is 10.7 Å². The van der Waals surface area contributed by atoms with Crippen LogP contribution in [0, 0.1) is 16.7 Å². The van der Waals surface area contributed by atoms with Crippen LogP contribution in [0.15, 0.2) is 89.5 Å². The molecule has 1 amide bonds. The highest BCUT2D eigenvalue weighted by Gasteiger charge is 2.09. The molecule has 35 heavy (non-hydrogen) atoms. The largest absolute Gasteiger partial charge is 0.507 e. The number of aromatic nitrogens is 1. The van der Waals surface area contributed by atoms with Crippen LogP contribution in [0.1, 0.15) is 27.0 Å².